The monoisotopic (exact) mass is 494 g/mol. The van der Waals surface area contributed by atoms with E-state index in [1.54, 1.807) is 46.2 Å². The minimum atomic E-state index is -0.756. The van der Waals surface area contributed by atoms with E-state index in [2.05, 4.69) is 12.0 Å². The van der Waals surface area contributed by atoms with Crippen molar-refractivity contribution in [3.8, 4) is 0 Å². The van der Waals surface area contributed by atoms with E-state index in [4.69, 9.17) is 9.15 Å². The zero-order chi connectivity index (χ0) is 25.5. The standard InChI is InChI=1S/C26H30N4O6/c1-2-3-4-7-12-30-24(32)20-10-6-5-9-19(20)23(27-30)26(34)36-18-22(31)28-13-15-29(16-14-28)25(33)21-11-8-17-35-21/h5-6,8-11,17H,2-4,7,12-16,18H2,1H3. The molecule has 0 saturated carbocycles. The van der Waals surface area contributed by atoms with Gasteiger partial charge in [-0.1, -0.05) is 44.4 Å². The number of hydrogen-bond donors (Lipinski definition) is 0. The molecular weight excluding hydrogens is 464 g/mol. The van der Waals surface area contributed by atoms with E-state index in [1.165, 1.54) is 10.9 Å². The fraction of sp³-hybridized carbons (Fsp3) is 0.423. The summed E-state index contributed by atoms with van der Waals surface area (Å²) in [6.45, 7) is 3.43. The van der Waals surface area contributed by atoms with Crippen molar-refractivity contribution in [2.75, 3.05) is 32.8 Å². The zero-order valence-corrected chi connectivity index (χ0v) is 20.4. The van der Waals surface area contributed by atoms with E-state index < -0.39 is 12.6 Å². The van der Waals surface area contributed by atoms with Crippen molar-refractivity contribution in [1.29, 1.82) is 0 Å². The number of benzene rings is 1. The zero-order valence-electron chi connectivity index (χ0n) is 20.4. The van der Waals surface area contributed by atoms with Gasteiger partial charge in [-0.3, -0.25) is 14.4 Å². The van der Waals surface area contributed by atoms with Crippen molar-refractivity contribution >= 4 is 28.6 Å². The molecule has 1 fully saturated rings. The number of piperazine rings is 1. The van der Waals surface area contributed by atoms with Crippen LogP contribution in [0.3, 0.4) is 0 Å². The molecule has 0 unspecified atom stereocenters. The van der Waals surface area contributed by atoms with Crippen LogP contribution in [0.4, 0.5) is 0 Å². The Hall–Kier alpha value is -3.95. The van der Waals surface area contributed by atoms with Gasteiger partial charge in [0.25, 0.3) is 17.4 Å². The van der Waals surface area contributed by atoms with Crippen LogP contribution < -0.4 is 5.56 Å². The third-order valence-electron chi connectivity index (χ3n) is 6.26. The van der Waals surface area contributed by atoms with Crippen LogP contribution in [0.25, 0.3) is 10.8 Å². The normalized spacial score (nSPS) is 13.7. The van der Waals surface area contributed by atoms with Crippen LogP contribution in [-0.4, -0.2) is 70.1 Å². The molecule has 10 heteroatoms. The maximum atomic E-state index is 12.9. The minimum Gasteiger partial charge on any atom is -0.459 e. The molecule has 1 saturated heterocycles. The van der Waals surface area contributed by atoms with Gasteiger partial charge in [-0.25, -0.2) is 9.48 Å². The number of furan rings is 1. The molecule has 0 radical (unpaired) electrons. The molecular formula is C26H30N4O6. The Morgan fingerprint density at radius 2 is 1.67 bits per heavy atom. The molecule has 4 rings (SSSR count). The third-order valence-corrected chi connectivity index (χ3v) is 6.26. The number of aryl methyl sites for hydroxylation is 1. The summed E-state index contributed by atoms with van der Waals surface area (Å²) in [5, 5.41) is 5.08. The Labute approximate surface area is 208 Å². The van der Waals surface area contributed by atoms with Gasteiger partial charge in [0, 0.05) is 38.1 Å². The lowest BCUT2D eigenvalue weighted by Crippen LogP contribution is -2.51. The first-order chi connectivity index (χ1) is 17.5. The maximum absolute atomic E-state index is 12.9. The number of hydrogen-bond acceptors (Lipinski definition) is 7. The molecule has 0 bridgehead atoms. The first-order valence-corrected chi connectivity index (χ1v) is 12.3. The fourth-order valence-electron chi connectivity index (χ4n) is 4.23. The van der Waals surface area contributed by atoms with Crippen molar-refractivity contribution in [1.82, 2.24) is 19.6 Å². The van der Waals surface area contributed by atoms with E-state index in [0.717, 1.165) is 25.7 Å². The maximum Gasteiger partial charge on any atom is 0.359 e. The predicted octanol–water partition coefficient (Wildman–Crippen LogP) is 2.71. The number of fused-ring (bicyclic) bond motifs is 1. The summed E-state index contributed by atoms with van der Waals surface area (Å²) in [6, 6.07) is 10.0. The molecule has 1 aliphatic rings. The number of amides is 2. The number of carbonyl (C=O) groups excluding carboxylic acids is 3. The van der Waals surface area contributed by atoms with Gasteiger partial charge in [-0.15, -0.1) is 0 Å². The highest BCUT2D eigenvalue weighted by atomic mass is 16.5. The molecule has 2 amide bonds. The second-order valence-electron chi connectivity index (χ2n) is 8.71. The smallest absolute Gasteiger partial charge is 0.359 e. The second kappa shape index (κ2) is 11.7. The summed E-state index contributed by atoms with van der Waals surface area (Å²) in [7, 11) is 0. The summed E-state index contributed by atoms with van der Waals surface area (Å²) in [5.74, 6) is -1.07. The number of aromatic nitrogens is 2. The summed E-state index contributed by atoms with van der Waals surface area (Å²) >= 11 is 0. The van der Waals surface area contributed by atoms with E-state index >= 15 is 0 Å². The van der Waals surface area contributed by atoms with Gasteiger partial charge >= 0.3 is 5.97 Å². The van der Waals surface area contributed by atoms with Crippen LogP contribution in [0.15, 0.2) is 51.9 Å². The molecule has 3 aromatic rings. The quantitative estimate of drug-likeness (QED) is 0.332. The van der Waals surface area contributed by atoms with E-state index in [9.17, 15) is 19.2 Å². The molecule has 36 heavy (non-hydrogen) atoms. The first-order valence-electron chi connectivity index (χ1n) is 12.3. The summed E-state index contributed by atoms with van der Waals surface area (Å²) in [4.78, 5) is 54.0. The van der Waals surface area contributed by atoms with E-state index in [-0.39, 0.29) is 28.8 Å². The largest absolute Gasteiger partial charge is 0.459 e. The molecule has 0 atom stereocenters. The Bertz CT molecular complexity index is 1280. The topological polar surface area (TPSA) is 115 Å². The molecule has 1 aliphatic heterocycles. The average Bonchev–Trinajstić information content (AvgIpc) is 3.45. The van der Waals surface area contributed by atoms with Crippen LogP contribution in [0.5, 0.6) is 0 Å². The van der Waals surface area contributed by atoms with Crippen molar-refractivity contribution in [3.05, 3.63) is 64.5 Å². The number of unbranched alkanes of at least 4 members (excludes halogenated alkanes) is 3. The highest BCUT2D eigenvalue weighted by Crippen LogP contribution is 2.15. The van der Waals surface area contributed by atoms with Gasteiger partial charge in [-0.2, -0.15) is 5.10 Å². The lowest BCUT2D eigenvalue weighted by atomic mass is 10.1. The molecule has 3 heterocycles. The fourth-order valence-corrected chi connectivity index (χ4v) is 4.23. The Morgan fingerprint density at radius 3 is 2.36 bits per heavy atom. The molecule has 190 valence electrons. The molecule has 1 aromatic carbocycles. The van der Waals surface area contributed by atoms with Gasteiger partial charge in [0.2, 0.25) is 0 Å². The Morgan fingerprint density at radius 1 is 0.944 bits per heavy atom. The van der Waals surface area contributed by atoms with Gasteiger partial charge in [0.15, 0.2) is 18.1 Å². The van der Waals surface area contributed by atoms with Gasteiger partial charge in [0.1, 0.15) is 0 Å². The Kier molecular flexibility index (Phi) is 8.14. The lowest BCUT2D eigenvalue weighted by molar-refractivity contribution is -0.136. The number of esters is 1. The number of ether oxygens (including phenoxy) is 1. The average molecular weight is 495 g/mol. The molecule has 0 N–H and O–H groups in total. The van der Waals surface area contributed by atoms with Crippen molar-refractivity contribution < 1.29 is 23.5 Å². The number of nitrogens with zero attached hydrogens (tertiary/aromatic N) is 4. The molecule has 0 aliphatic carbocycles. The lowest BCUT2D eigenvalue weighted by Gasteiger charge is -2.34. The number of rotatable bonds is 9. The van der Waals surface area contributed by atoms with Gasteiger partial charge < -0.3 is 19.0 Å². The molecule has 10 nitrogen and oxygen atoms in total. The van der Waals surface area contributed by atoms with Crippen molar-refractivity contribution in [2.45, 2.75) is 39.2 Å². The molecule has 2 aromatic heterocycles. The Balaban J connectivity index is 1.38. The van der Waals surface area contributed by atoms with Gasteiger partial charge in [-0.05, 0) is 24.6 Å². The van der Waals surface area contributed by atoms with Crippen molar-refractivity contribution in [2.24, 2.45) is 0 Å². The summed E-state index contributed by atoms with van der Waals surface area (Å²) in [6.07, 6.45) is 5.32. The van der Waals surface area contributed by atoms with Crippen LogP contribution in [-0.2, 0) is 16.1 Å². The van der Waals surface area contributed by atoms with E-state index in [0.29, 0.717) is 43.5 Å². The van der Waals surface area contributed by atoms with Crippen molar-refractivity contribution in [3.63, 3.8) is 0 Å². The highest BCUT2D eigenvalue weighted by Gasteiger charge is 2.27. The van der Waals surface area contributed by atoms with Crippen LogP contribution in [0, 0.1) is 0 Å². The third kappa shape index (κ3) is 5.64. The number of carbonyl (C=O) groups is 3. The molecule has 0 spiro atoms. The predicted molar refractivity (Wildman–Crippen MR) is 132 cm³/mol. The first kappa shape index (κ1) is 25.2. The summed E-state index contributed by atoms with van der Waals surface area (Å²) in [5.41, 5.74) is -0.237. The minimum absolute atomic E-state index is 0.0161. The van der Waals surface area contributed by atoms with E-state index in [1.807, 2.05) is 0 Å². The summed E-state index contributed by atoms with van der Waals surface area (Å²) < 4.78 is 11.8. The second-order valence-corrected chi connectivity index (χ2v) is 8.71. The van der Waals surface area contributed by atoms with Crippen LogP contribution >= 0.6 is 0 Å². The highest BCUT2D eigenvalue weighted by molar-refractivity contribution is 6.02. The van der Waals surface area contributed by atoms with Crippen LogP contribution in [0.2, 0.25) is 0 Å². The van der Waals surface area contributed by atoms with Crippen LogP contribution in [0.1, 0.15) is 53.7 Å². The van der Waals surface area contributed by atoms with Gasteiger partial charge in [0.05, 0.1) is 11.6 Å². The SMILES string of the molecule is CCCCCCn1nc(C(=O)OCC(=O)N2CCN(C(=O)c3ccco3)CC2)c2ccccc2c1=O.